The maximum atomic E-state index is 13.3. The van der Waals surface area contributed by atoms with Crippen LogP contribution in [-0.2, 0) is 11.3 Å². The molecule has 1 aromatic carbocycles. The van der Waals surface area contributed by atoms with E-state index >= 15 is 0 Å². The lowest BCUT2D eigenvalue weighted by molar-refractivity contribution is -0.138. The molecule has 174 valence electrons. The molecule has 1 aromatic heterocycles. The number of methoxy groups -OCH3 is 1. The second-order valence-corrected chi connectivity index (χ2v) is 9.16. The maximum Gasteiger partial charge on any atom is 0.329 e. The fraction of sp³-hybridized carbons (Fsp3) is 0.480. The smallest absolute Gasteiger partial charge is 0.329 e. The summed E-state index contributed by atoms with van der Waals surface area (Å²) in [5.41, 5.74) is 1.62. The number of nitrogens with zero attached hydrogens (tertiary/aromatic N) is 4. The van der Waals surface area contributed by atoms with Crippen LogP contribution in [0.5, 0.6) is 5.75 Å². The zero-order valence-corrected chi connectivity index (χ0v) is 19.0. The number of amides is 3. The topological polar surface area (TPSA) is 75.1 Å². The highest BCUT2D eigenvalue weighted by Gasteiger charge is 2.37. The van der Waals surface area contributed by atoms with Gasteiger partial charge in [0.15, 0.2) is 0 Å². The van der Waals surface area contributed by atoms with Crippen LogP contribution in [0.25, 0.3) is 0 Å². The molecule has 5 rings (SSSR count). The van der Waals surface area contributed by atoms with Crippen LogP contribution >= 0.6 is 0 Å². The van der Waals surface area contributed by atoms with Gasteiger partial charge in [0.1, 0.15) is 5.75 Å². The van der Waals surface area contributed by atoms with E-state index in [4.69, 9.17) is 4.74 Å². The Labute approximate surface area is 193 Å². The van der Waals surface area contributed by atoms with E-state index in [0.29, 0.717) is 44.0 Å². The third-order valence-electron chi connectivity index (χ3n) is 7.21. The van der Waals surface area contributed by atoms with Crippen molar-refractivity contribution in [3.8, 4) is 5.75 Å². The molecule has 2 saturated heterocycles. The Morgan fingerprint density at radius 1 is 1.00 bits per heavy atom. The van der Waals surface area contributed by atoms with Crippen LogP contribution in [0.4, 0.5) is 4.79 Å². The number of ether oxygens (including phenoxy) is 1. The SMILES string of the molecule is COc1cccc(C(=O)N2CCCC(C(=O)N3CCC(N4Cc5cccn5C4=O)CC3)C2)c1. The fourth-order valence-electron chi connectivity index (χ4n) is 5.36. The Morgan fingerprint density at radius 3 is 2.58 bits per heavy atom. The van der Waals surface area contributed by atoms with Crippen molar-refractivity contribution in [2.75, 3.05) is 33.3 Å². The highest BCUT2D eigenvalue weighted by molar-refractivity contribution is 5.95. The minimum Gasteiger partial charge on any atom is -0.497 e. The second-order valence-electron chi connectivity index (χ2n) is 9.16. The highest BCUT2D eigenvalue weighted by Crippen LogP contribution is 2.27. The van der Waals surface area contributed by atoms with E-state index in [-0.39, 0.29) is 29.8 Å². The zero-order valence-electron chi connectivity index (χ0n) is 19.0. The van der Waals surface area contributed by atoms with Crippen LogP contribution in [0.15, 0.2) is 42.6 Å². The molecule has 3 amide bonds. The van der Waals surface area contributed by atoms with Gasteiger partial charge < -0.3 is 19.4 Å². The molecule has 0 aliphatic carbocycles. The first-order chi connectivity index (χ1) is 16.0. The average molecular weight is 451 g/mol. The molecule has 1 atom stereocenters. The molecule has 33 heavy (non-hydrogen) atoms. The summed E-state index contributed by atoms with van der Waals surface area (Å²) < 4.78 is 6.96. The third kappa shape index (κ3) is 4.10. The van der Waals surface area contributed by atoms with Gasteiger partial charge in [-0.05, 0) is 56.0 Å². The third-order valence-corrected chi connectivity index (χ3v) is 7.21. The monoisotopic (exact) mass is 450 g/mol. The lowest BCUT2D eigenvalue weighted by Gasteiger charge is -2.39. The van der Waals surface area contributed by atoms with E-state index in [0.717, 1.165) is 31.4 Å². The second kappa shape index (κ2) is 8.92. The van der Waals surface area contributed by atoms with E-state index in [1.165, 1.54) is 0 Å². The number of hydrogen-bond acceptors (Lipinski definition) is 4. The predicted molar refractivity (Wildman–Crippen MR) is 122 cm³/mol. The van der Waals surface area contributed by atoms with Crippen molar-refractivity contribution in [2.45, 2.75) is 38.3 Å². The van der Waals surface area contributed by atoms with Gasteiger partial charge in [0.2, 0.25) is 5.91 Å². The normalized spacial score (nSPS) is 21.3. The molecule has 0 bridgehead atoms. The van der Waals surface area contributed by atoms with Crippen LogP contribution in [0.1, 0.15) is 41.7 Å². The number of fused-ring (bicyclic) bond motifs is 1. The van der Waals surface area contributed by atoms with Gasteiger partial charge in [-0.15, -0.1) is 0 Å². The first-order valence-corrected chi connectivity index (χ1v) is 11.7. The van der Waals surface area contributed by atoms with Crippen LogP contribution in [0, 0.1) is 5.92 Å². The molecule has 2 fully saturated rings. The molecule has 4 heterocycles. The van der Waals surface area contributed by atoms with Crippen LogP contribution < -0.4 is 4.74 Å². The highest BCUT2D eigenvalue weighted by atomic mass is 16.5. The Balaban J connectivity index is 1.17. The van der Waals surface area contributed by atoms with Gasteiger partial charge in [-0.2, -0.15) is 0 Å². The van der Waals surface area contributed by atoms with Crippen molar-refractivity contribution in [3.63, 3.8) is 0 Å². The van der Waals surface area contributed by atoms with Crippen molar-refractivity contribution in [2.24, 2.45) is 5.92 Å². The molecular formula is C25H30N4O4. The molecule has 1 unspecified atom stereocenters. The molecule has 0 spiro atoms. The van der Waals surface area contributed by atoms with E-state index in [2.05, 4.69) is 0 Å². The first kappa shape index (κ1) is 21.6. The van der Waals surface area contributed by atoms with E-state index < -0.39 is 0 Å². The van der Waals surface area contributed by atoms with Crippen molar-refractivity contribution in [1.82, 2.24) is 19.3 Å². The summed E-state index contributed by atoms with van der Waals surface area (Å²) in [6, 6.07) is 11.3. The Hall–Kier alpha value is -3.29. The quantitative estimate of drug-likeness (QED) is 0.718. The molecule has 0 saturated carbocycles. The van der Waals surface area contributed by atoms with Gasteiger partial charge in [-0.25, -0.2) is 4.79 Å². The minimum absolute atomic E-state index is 0.0405. The Kier molecular flexibility index (Phi) is 5.83. The molecular weight excluding hydrogens is 420 g/mol. The molecule has 0 N–H and O–H groups in total. The number of likely N-dealkylation sites (tertiary alicyclic amines) is 2. The minimum atomic E-state index is -0.168. The summed E-state index contributed by atoms with van der Waals surface area (Å²) in [5.74, 6) is 0.564. The van der Waals surface area contributed by atoms with Gasteiger partial charge >= 0.3 is 6.03 Å². The summed E-state index contributed by atoms with van der Waals surface area (Å²) in [6.07, 6.45) is 5.03. The lowest BCUT2D eigenvalue weighted by Crippen LogP contribution is -2.51. The van der Waals surface area contributed by atoms with Gasteiger partial charge in [0.25, 0.3) is 5.91 Å². The van der Waals surface area contributed by atoms with Gasteiger partial charge in [-0.1, -0.05) is 6.07 Å². The van der Waals surface area contributed by atoms with Crippen molar-refractivity contribution >= 4 is 17.8 Å². The molecule has 3 aliphatic rings. The van der Waals surface area contributed by atoms with Crippen LogP contribution in [0.2, 0.25) is 0 Å². The molecule has 8 nitrogen and oxygen atoms in total. The number of hydrogen-bond donors (Lipinski definition) is 0. The maximum absolute atomic E-state index is 13.3. The van der Waals surface area contributed by atoms with Crippen molar-refractivity contribution < 1.29 is 19.1 Å². The van der Waals surface area contributed by atoms with Gasteiger partial charge in [0, 0.05) is 49.7 Å². The number of carbonyl (C=O) groups excluding carboxylic acids is 3. The van der Waals surface area contributed by atoms with E-state index in [1.807, 2.05) is 40.3 Å². The Bertz CT molecular complexity index is 1060. The molecule has 2 aromatic rings. The standard InChI is InChI=1S/C25H30N4O4/c1-33-22-8-2-5-18(15-22)23(30)27-11-3-6-19(16-27)24(31)26-13-9-20(10-14-26)29-17-21-7-4-12-28(21)25(29)32/h2,4-5,7-8,12,15,19-20H,3,6,9-11,13-14,16-17H2,1H3. The number of piperidine rings is 2. The summed E-state index contributed by atoms with van der Waals surface area (Å²) in [4.78, 5) is 44.6. The van der Waals surface area contributed by atoms with Crippen LogP contribution in [-0.4, -0.2) is 76.4 Å². The van der Waals surface area contributed by atoms with Crippen molar-refractivity contribution in [1.29, 1.82) is 0 Å². The number of rotatable bonds is 4. The zero-order chi connectivity index (χ0) is 22.9. The number of carbonyl (C=O) groups is 3. The van der Waals surface area contributed by atoms with Crippen LogP contribution in [0.3, 0.4) is 0 Å². The van der Waals surface area contributed by atoms with Gasteiger partial charge in [-0.3, -0.25) is 14.2 Å². The molecule has 8 heteroatoms. The predicted octanol–water partition coefficient (Wildman–Crippen LogP) is 2.82. The number of aromatic nitrogens is 1. The first-order valence-electron chi connectivity index (χ1n) is 11.7. The van der Waals surface area contributed by atoms with Crippen molar-refractivity contribution in [3.05, 3.63) is 53.9 Å². The van der Waals surface area contributed by atoms with E-state index in [9.17, 15) is 14.4 Å². The van der Waals surface area contributed by atoms with Gasteiger partial charge in [0.05, 0.1) is 19.6 Å². The lowest BCUT2D eigenvalue weighted by atomic mass is 9.94. The molecule has 0 radical (unpaired) electrons. The van der Waals surface area contributed by atoms with E-state index in [1.54, 1.807) is 28.7 Å². The summed E-state index contributed by atoms with van der Waals surface area (Å²) in [6.45, 7) is 3.08. The summed E-state index contributed by atoms with van der Waals surface area (Å²) in [7, 11) is 1.58. The average Bonchev–Trinajstić information content (AvgIpc) is 3.46. The summed E-state index contributed by atoms with van der Waals surface area (Å²) in [5, 5.41) is 0. The molecule has 3 aliphatic heterocycles. The largest absolute Gasteiger partial charge is 0.497 e. The Morgan fingerprint density at radius 2 is 1.82 bits per heavy atom. The number of benzene rings is 1. The summed E-state index contributed by atoms with van der Waals surface area (Å²) >= 11 is 0. The fourth-order valence-corrected chi connectivity index (χ4v) is 5.36.